The molecule has 110 valence electrons. The Morgan fingerprint density at radius 2 is 1.65 bits per heavy atom. The molecule has 0 aromatic heterocycles. The Bertz CT molecular complexity index is 465. The summed E-state index contributed by atoms with van der Waals surface area (Å²) in [6, 6.07) is 7.46. The molecule has 1 heterocycles. The molecular weight excluding hydrogens is 287 g/mol. The second kappa shape index (κ2) is 5.97. The number of benzene rings is 1. The van der Waals surface area contributed by atoms with E-state index in [1.807, 2.05) is 24.3 Å². The number of alkyl halides is 3. The number of hydrogen-bond acceptors (Lipinski definition) is 3. The molecule has 0 atom stereocenters. The highest BCUT2D eigenvalue weighted by Crippen LogP contribution is 2.20. The smallest absolute Gasteiger partial charge is 0.389 e. The number of anilines is 1. The van der Waals surface area contributed by atoms with Gasteiger partial charge in [0.25, 0.3) is 0 Å². The number of nitrogens with two attached hydrogens (primary N) is 1. The lowest BCUT2D eigenvalue weighted by molar-refractivity contribution is -0.146. The van der Waals surface area contributed by atoms with Crippen molar-refractivity contribution in [2.24, 2.45) is 5.73 Å². The van der Waals surface area contributed by atoms with Crippen LogP contribution in [-0.2, 0) is 0 Å². The lowest BCUT2D eigenvalue weighted by atomic mass is 10.2. The second-order valence-electron chi connectivity index (χ2n) is 4.79. The molecule has 7 heteroatoms. The molecule has 0 spiro atoms. The van der Waals surface area contributed by atoms with E-state index in [0.29, 0.717) is 31.2 Å². The lowest BCUT2D eigenvalue weighted by Gasteiger charge is -2.36. The summed E-state index contributed by atoms with van der Waals surface area (Å²) >= 11 is 4.88. The van der Waals surface area contributed by atoms with Crippen molar-refractivity contribution in [3.8, 4) is 0 Å². The van der Waals surface area contributed by atoms with E-state index in [2.05, 4.69) is 4.90 Å². The van der Waals surface area contributed by atoms with Gasteiger partial charge in [-0.25, -0.2) is 0 Å². The van der Waals surface area contributed by atoms with E-state index in [-0.39, 0.29) is 0 Å². The maximum absolute atomic E-state index is 12.3. The standard InChI is InChI=1S/C13H16F3N3S/c14-13(15,16)9-18-5-7-19(8-6-18)11-3-1-10(2-4-11)12(17)20/h1-4H,5-9H2,(H2,17,20). The molecule has 1 fully saturated rings. The summed E-state index contributed by atoms with van der Waals surface area (Å²) < 4.78 is 36.9. The normalized spacial score (nSPS) is 17.2. The molecule has 2 rings (SSSR count). The van der Waals surface area contributed by atoms with Gasteiger partial charge in [-0.15, -0.1) is 0 Å². The molecule has 1 aromatic carbocycles. The van der Waals surface area contributed by atoms with Gasteiger partial charge >= 0.3 is 6.18 Å². The fraction of sp³-hybridized carbons (Fsp3) is 0.462. The first-order valence-electron chi connectivity index (χ1n) is 6.29. The van der Waals surface area contributed by atoms with Gasteiger partial charge in [-0.05, 0) is 24.3 Å². The first-order chi connectivity index (χ1) is 9.35. The maximum atomic E-state index is 12.3. The minimum Gasteiger partial charge on any atom is -0.389 e. The van der Waals surface area contributed by atoms with Crippen LogP contribution in [0, 0.1) is 0 Å². The van der Waals surface area contributed by atoms with Crippen molar-refractivity contribution < 1.29 is 13.2 Å². The number of halogens is 3. The predicted octanol–water partition coefficient (Wildman–Crippen LogP) is 2.01. The monoisotopic (exact) mass is 303 g/mol. The first-order valence-corrected chi connectivity index (χ1v) is 6.70. The van der Waals surface area contributed by atoms with Crippen LogP contribution in [0.1, 0.15) is 5.56 Å². The SMILES string of the molecule is NC(=S)c1ccc(N2CCN(CC(F)(F)F)CC2)cc1. The number of piperazine rings is 1. The molecule has 1 aliphatic rings. The summed E-state index contributed by atoms with van der Waals surface area (Å²) in [4.78, 5) is 3.84. The Labute approximate surface area is 121 Å². The Balaban J connectivity index is 1.92. The largest absolute Gasteiger partial charge is 0.401 e. The van der Waals surface area contributed by atoms with Crippen LogP contribution in [0.5, 0.6) is 0 Å². The van der Waals surface area contributed by atoms with Crippen LogP contribution in [0.25, 0.3) is 0 Å². The summed E-state index contributed by atoms with van der Waals surface area (Å²) in [5.41, 5.74) is 7.30. The Morgan fingerprint density at radius 3 is 2.10 bits per heavy atom. The second-order valence-corrected chi connectivity index (χ2v) is 5.23. The van der Waals surface area contributed by atoms with E-state index in [0.717, 1.165) is 11.3 Å². The van der Waals surface area contributed by atoms with Gasteiger partial charge in [-0.1, -0.05) is 12.2 Å². The van der Waals surface area contributed by atoms with Gasteiger partial charge in [0.05, 0.1) is 6.54 Å². The van der Waals surface area contributed by atoms with Crippen molar-refractivity contribution in [3.05, 3.63) is 29.8 Å². The minimum atomic E-state index is -4.12. The third kappa shape index (κ3) is 4.08. The number of thiocarbonyl (C=S) groups is 1. The molecule has 0 aliphatic carbocycles. The molecular formula is C13H16F3N3S. The lowest BCUT2D eigenvalue weighted by Crippen LogP contribution is -2.49. The van der Waals surface area contributed by atoms with Gasteiger partial charge < -0.3 is 10.6 Å². The zero-order valence-corrected chi connectivity index (χ0v) is 11.7. The zero-order chi connectivity index (χ0) is 14.8. The fourth-order valence-corrected chi connectivity index (χ4v) is 2.39. The van der Waals surface area contributed by atoms with Crippen molar-refractivity contribution in [2.45, 2.75) is 6.18 Å². The van der Waals surface area contributed by atoms with Gasteiger partial charge in [0.15, 0.2) is 0 Å². The molecule has 1 saturated heterocycles. The number of rotatable bonds is 3. The van der Waals surface area contributed by atoms with Crippen molar-refractivity contribution in [1.29, 1.82) is 0 Å². The highest BCUT2D eigenvalue weighted by atomic mass is 32.1. The van der Waals surface area contributed by atoms with Crippen molar-refractivity contribution in [2.75, 3.05) is 37.6 Å². The average molecular weight is 303 g/mol. The van der Waals surface area contributed by atoms with Gasteiger partial charge in [-0.2, -0.15) is 13.2 Å². The van der Waals surface area contributed by atoms with Crippen LogP contribution in [0.3, 0.4) is 0 Å². The Hall–Kier alpha value is -1.34. The summed E-state index contributed by atoms with van der Waals surface area (Å²) in [7, 11) is 0. The molecule has 1 aliphatic heterocycles. The fourth-order valence-electron chi connectivity index (χ4n) is 2.25. The van der Waals surface area contributed by atoms with Crippen LogP contribution < -0.4 is 10.6 Å². The summed E-state index contributed by atoms with van der Waals surface area (Å²) in [6.45, 7) is 1.17. The molecule has 0 bridgehead atoms. The van der Waals surface area contributed by atoms with Gasteiger partial charge in [0, 0.05) is 37.4 Å². The molecule has 20 heavy (non-hydrogen) atoms. The third-order valence-electron chi connectivity index (χ3n) is 3.29. The first kappa shape index (κ1) is 15.1. The maximum Gasteiger partial charge on any atom is 0.401 e. The quantitative estimate of drug-likeness (QED) is 0.866. The highest BCUT2D eigenvalue weighted by Gasteiger charge is 2.32. The van der Waals surface area contributed by atoms with E-state index in [9.17, 15) is 13.2 Å². The molecule has 1 aromatic rings. The average Bonchev–Trinajstić information content (AvgIpc) is 2.38. The van der Waals surface area contributed by atoms with E-state index >= 15 is 0 Å². The minimum absolute atomic E-state index is 0.339. The summed E-state index contributed by atoms with van der Waals surface area (Å²) in [5, 5.41) is 0. The van der Waals surface area contributed by atoms with Crippen molar-refractivity contribution >= 4 is 22.9 Å². The van der Waals surface area contributed by atoms with Crippen LogP contribution in [-0.4, -0.2) is 48.8 Å². The molecule has 3 nitrogen and oxygen atoms in total. The highest BCUT2D eigenvalue weighted by molar-refractivity contribution is 7.80. The van der Waals surface area contributed by atoms with Crippen molar-refractivity contribution in [3.63, 3.8) is 0 Å². The zero-order valence-electron chi connectivity index (χ0n) is 10.9. The summed E-state index contributed by atoms with van der Waals surface area (Å²) in [5.74, 6) is 0. The number of nitrogens with zero attached hydrogens (tertiary/aromatic N) is 2. The molecule has 0 amide bonds. The van der Waals surface area contributed by atoms with E-state index < -0.39 is 12.7 Å². The van der Waals surface area contributed by atoms with E-state index in [1.54, 1.807) is 0 Å². The third-order valence-corrected chi connectivity index (χ3v) is 3.53. The Morgan fingerprint density at radius 1 is 1.10 bits per heavy atom. The van der Waals surface area contributed by atoms with E-state index in [4.69, 9.17) is 18.0 Å². The topological polar surface area (TPSA) is 32.5 Å². The van der Waals surface area contributed by atoms with Crippen LogP contribution >= 0.6 is 12.2 Å². The molecule has 0 saturated carbocycles. The predicted molar refractivity (Wildman–Crippen MR) is 77.0 cm³/mol. The van der Waals surface area contributed by atoms with Crippen LogP contribution in [0.4, 0.5) is 18.9 Å². The molecule has 2 N–H and O–H groups in total. The van der Waals surface area contributed by atoms with Crippen LogP contribution in [0.15, 0.2) is 24.3 Å². The van der Waals surface area contributed by atoms with Gasteiger partial charge in [0.2, 0.25) is 0 Å². The van der Waals surface area contributed by atoms with Crippen LogP contribution in [0.2, 0.25) is 0 Å². The molecule has 0 unspecified atom stereocenters. The number of hydrogen-bond donors (Lipinski definition) is 1. The van der Waals surface area contributed by atoms with Crippen molar-refractivity contribution in [1.82, 2.24) is 4.90 Å². The van der Waals surface area contributed by atoms with Gasteiger partial charge in [-0.3, -0.25) is 4.90 Å². The Kier molecular flexibility index (Phi) is 4.49. The molecule has 0 radical (unpaired) electrons. The summed E-state index contributed by atoms with van der Waals surface area (Å²) in [6.07, 6.45) is -4.12. The van der Waals surface area contributed by atoms with Gasteiger partial charge in [0.1, 0.15) is 4.99 Å². The van der Waals surface area contributed by atoms with E-state index in [1.165, 1.54) is 4.90 Å².